The zero-order chi connectivity index (χ0) is 6.69. The average molecular weight is 133 g/mol. The molecule has 1 nitrogen and oxygen atoms in total. The Morgan fingerprint density at radius 3 is 2.89 bits per heavy atom. The number of hydrogen-bond donors (Lipinski definition) is 1. The summed E-state index contributed by atoms with van der Waals surface area (Å²) in [7, 11) is 0. The molecule has 0 saturated carbocycles. The molecule has 1 fully saturated rings. The molecule has 1 aliphatic heterocycles. The van der Waals surface area contributed by atoms with Crippen LogP contribution in [-0.2, 0) is 0 Å². The van der Waals surface area contributed by atoms with Crippen molar-refractivity contribution < 1.29 is 5.82 Å². The first-order valence-electron chi connectivity index (χ1n) is 3.67. The van der Waals surface area contributed by atoms with E-state index < -0.39 is 6.17 Å². The van der Waals surface area contributed by atoms with Crippen molar-refractivity contribution in [1.29, 1.82) is 0 Å². The molecule has 1 heterocycles. The van der Waals surface area contributed by atoms with E-state index in [4.69, 9.17) is 0 Å². The molecular formula is C7H16FN. The predicted molar refractivity (Wildman–Crippen MR) is 38.3 cm³/mol. The fourth-order valence-corrected chi connectivity index (χ4v) is 1.28. The third-order valence-corrected chi connectivity index (χ3v) is 1.97. The Labute approximate surface area is 57.1 Å². The van der Waals surface area contributed by atoms with E-state index in [1.165, 1.54) is 0 Å². The Hall–Kier alpha value is -0.110. The smallest absolute Gasteiger partial charge is 0.113 e. The molecule has 0 aromatic carbocycles. The van der Waals surface area contributed by atoms with Crippen molar-refractivity contribution >= 4 is 0 Å². The Morgan fingerprint density at radius 1 is 1.67 bits per heavy atom. The number of halogens is 1. The van der Waals surface area contributed by atoms with Gasteiger partial charge in [0.15, 0.2) is 0 Å². The lowest BCUT2D eigenvalue weighted by Gasteiger charge is -2.24. The van der Waals surface area contributed by atoms with Gasteiger partial charge in [0.2, 0.25) is 0 Å². The highest BCUT2D eigenvalue weighted by molar-refractivity contribution is 4.74. The van der Waals surface area contributed by atoms with E-state index in [1.807, 2.05) is 0 Å². The van der Waals surface area contributed by atoms with E-state index in [-0.39, 0.29) is 1.43 Å². The van der Waals surface area contributed by atoms with Crippen molar-refractivity contribution in [2.24, 2.45) is 5.92 Å². The van der Waals surface area contributed by atoms with Crippen LogP contribution in [0.2, 0.25) is 0 Å². The van der Waals surface area contributed by atoms with E-state index >= 15 is 0 Å². The molecular weight excluding hydrogens is 117 g/mol. The summed E-state index contributed by atoms with van der Waals surface area (Å²) < 4.78 is 12.6. The molecule has 0 unspecified atom stereocenters. The van der Waals surface area contributed by atoms with Crippen molar-refractivity contribution in [2.45, 2.75) is 25.9 Å². The van der Waals surface area contributed by atoms with Gasteiger partial charge in [0.25, 0.3) is 0 Å². The first-order chi connectivity index (χ1) is 4.33. The minimum absolute atomic E-state index is 0. The van der Waals surface area contributed by atoms with E-state index in [0.29, 0.717) is 12.5 Å². The van der Waals surface area contributed by atoms with Gasteiger partial charge in [0.05, 0.1) is 0 Å². The maximum absolute atomic E-state index is 12.6. The van der Waals surface area contributed by atoms with Gasteiger partial charge >= 0.3 is 0 Å². The maximum atomic E-state index is 12.6. The van der Waals surface area contributed by atoms with Crippen LogP contribution in [0.3, 0.4) is 0 Å². The van der Waals surface area contributed by atoms with Crippen LogP contribution in [-0.4, -0.2) is 19.3 Å². The Balaban J connectivity index is 0.000000810. The second-order valence-electron chi connectivity index (χ2n) is 2.77. The zero-order valence-electron chi connectivity index (χ0n) is 5.86. The summed E-state index contributed by atoms with van der Waals surface area (Å²) in [5.41, 5.74) is 0. The number of hydrogen-bond acceptors (Lipinski definition) is 1. The van der Waals surface area contributed by atoms with Crippen molar-refractivity contribution in [1.82, 2.24) is 5.32 Å². The van der Waals surface area contributed by atoms with Gasteiger partial charge in [0, 0.05) is 7.97 Å². The SMILES string of the molecule is CC[C@@H]1CNC[C@H](F)C1.[HH]. The summed E-state index contributed by atoms with van der Waals surface area (Å²) in [5.74, 6) is 0.578. The number of piperidine rings is 1. The molecule has 0 amide bonds. The summed E-state index contributed by atoms with van der Waals surface area (Å²) in [6, 6.07) is 0. The molecule has 0 radical (unpaired) electrons. The topological polar surface area (TPSA) is 12.0 Å². The fourth-order valence-electron chi connectivity index (χ4n) is 1.28. The maximum Gasteiger partial charge on any atom is 0.113 e. The fraction of sp³-hybridized carbons (Fsp3) is 1.00. The molecule has 1 rings (SSSR count). The quantitative estimate of drug-likeness (QED) is 0.572. The molecule has 1 saturated heterocycles. The van der Waals surface area contributed by atoms with Crippen LogP contribution in [0.5, 0.6) is 0 Å². The van der Waals surface area contributed by atoms with Crippen LogP contribution in [0.15, 0.2) is 0 Å². The monoisotopic (exact) mass is 133 g/mol. The van der Waals surface area contributed by atoms with Crippen LogP contribution < -0.4 is 5.32 Å². The predicted octanol–water partition coefficient (Wildman–Crippen LogP) is 1.59. The van der Waals surface area contributed by atoms with Crippen LogP contribution in [0.25, 0.3) is 0 Å². The highest BCUT2D eigenvalue weighted by atomic mass is 19.1. The molecule has 0 aliphatic carbocycles. The molecule has 1 N–H and O–H groups in total. The standard InChI is InChI=1S/C7H14FN.H2/c1-2-6-3-7(8)5-9-4-6;/h6-7,9H,2-5H2,1H3;1H/t6-,7+;/m0./s1. The van der Waals surface area contributed by atoms with Crippen LogP contribution in [0.1, 0.15) is 21.2 Å². The molecule has 0 spiro atoms. The lowest BCUT2D eigenvalue weighted by Crippen LogP contribution is -2.36. The Bertz CT molecular complexity index is 89.7. The van der Waals surface area contributed by atoms with Crippen LogP contribution in [0, 0.1) is 5.92 Å². The molecule has 1 aliphatic rings. The second-order valence-corrected chi connectivity index (χ2v) is 2.77. The molecule has 0 aromatic heterocycles. The minimum Gasteiger partial charge on any atom is -0.314 e. The second kappa shape index (κ2) is 3.16. The largest absolute Gasteiger partial charge is 0.314 e. The zero-order valence-corrected chi connectivity index (χ0v) is 5.86. The van der Waals surface area contributed by atoms with Gasteiger partial charge in [-0.3, -0.25) is 0 Å². The lowest BCUT2D eigenvalue weighted by molar-refractivity contribution is 0.211. The minimum atomic E-state index is -0.594. The highest BCUT2D eigenvalue weighted by Crippen LogP contribution is 2.15. The number of alkyl halides is 1. The van der Waals surface area contributed by atoms with Gasteiger partial charge in [-0.05, 0) is 18.9 Å². The summed E-state index contributed by atoms with van der Waals surface area (Å²) in [4.78, 5) is 0. The molecule has 9 heavy (non-hydrogen) atoms. The van der Waals surface area contributed by atoms with E-state index in [2.05, 4.69) is 12.2 Å². The van der Waals surface area contributed by atoms with E-state index in [9.17, 15) is 4.39 Å². The molecule has 2 atom stereocenters. The van der Waals surface area contributed by atoms with Gasteiger partial charge in [-0.2, -0.15) is 0 Å². The van der Waals surface area contributed by atoms with Crippen molar-refractivity contribution in [3.8, 4) is 0 Å². The molecule has 0 bridgehead atoms. The van der Waals surface area contributed by atoms with Crippen LogP contribution >= 0.6 is 0 Å². The first kappa shape index (κ1) is 7.00. The lowest BCUT2D eigenvalue weighted by atomic mass is 9.96. The third-order valence-electron chi connectivity index (χ3n) is 1.97. The van der Waals surface area contributed by atoms with Gasteiger partial charge in [-0.1, -0.05) is 13.3 Å². The number of nitrogens with one attached hydrogen (secondary N) is 1. The third kappa shape index (κ3) is 1.94. The van der Waals surface area contributed by atoms with Gasteiger partial charge in [-0.25, -0.2) is 4.39 Å². The Morgan fingerprint density at radius 2 is 2.44 bits per heavy atom. The summed E-state index contributed by atoms with van der Waals surface area (Å²) in [6.45, 7) is 3.69. The van der Waals surface area contributed by atoms with E-state index in [0.717, 1.165) is 19.4 Å². The van der Waals surface area contributed by atoms with Gasteiger partial charge in [-0.15, -0.1) is 0 Å². The van der Waals surface area contributed by atoms with Crippen molar-refractivity contribution in [3.63, 3.8) is 0 Å². The van der Waals surface area contributed by atoms with Gasteiger partial charge < -0.3 is 5.32 Å². The molecule has 0 aromatic rings. The average Bonchev–Trinajstić information content (AvgIpc) is 1.88. The van der Waals surface area contributed by atoms with Gasteiger partial charge in [0.1, 0.15) is 6.17 Å². The number of rotatable bonds is 1. The highest BCUT2D eigenvalue weighted by Gasteiger charge is 2.18. The molecule has 2 heteroatoms. The Kier molecular flexibility index (Phi) is 2.46. The van der Waals surface area contributed by atoms with Crippen molar-refractivity contribution in [3.05, 3.63) is 0 Å². The van der Waals surface area contributed by atoms with Crippen LogP contribution in [0.4, 0.5) is 4.39 Å². The summed E-state index contributed by atoms with van der Waals surface area (Å²) >= 11 is 0. The summed E-state index contributed by atoms with van der Waals surface area (Å²) in [5, 5.41) is 3.06. The van der Waals surface area contributed by atoms with E-state index in [1.54, 1.807) is 0 Å². The first-order valence-corrected chi connectivity index (χ1v) is 3.67. The summed E-state index contributed by atoms with van der Waals surface area (Å²) in [6.07, 6.45) is 1.28. The molecule has 56 valence electrons. The van der Waals surface area contributed by atoms with Crippen molar-refractivity contribution in [2.75, 3.05) is 13.1 Å². The normalized spacial score (nSPS) is 36.7.